The Morgan fingerprint density at radius 3 is 2.10 bits per heavy atom. The SMILES string of the molecule is CC(O)c1ccc(S(=O)(=O)N(C)CCCN(C)C)cc1. The third kappa shape index (κ3) is 4.56. The lowest BCUT2D eigenvalue weighted by Crippen LogP contribution is -2.29. The minimum atomic E-state index is -3.45. The molecule has 1 N–H and O–H groups in total. The summed E-state index contributed by atoms with van der Waals surface area (Å²) < 4.78 is 26.0. The van der Waals surface area contributed by atoms with Crippen LogP contribution in [0.1, 0.15) is 25.0 Å². The summed E-state index contributed by atoms with van der Waals surface area (Å²) in [7, 11) is 2.07. The maximum Gasteiger partial charge on any atom is 0.242 e. The second-order valence-corrected chi connectivity index (χ2v) is 7.27. The van der Waals surface area contributed by atoms with E-state index in [4.69, 9.17) is 0 Å². The van der Waals surface area contributed by atoms with E-state index in [1.807, 2.05) is 19.0 Å². The van der Waals surface area contributed by atoms with Gasteiger partial charge in [0.2, 0.25) is 10.0 Å². The molecule has 0 spiro atoms. The van der Waals surface area contributed by atoms with Gasteiger partial charge in [0.05, 0.1) is 11.0 Å². The van der Waals surface area contributed by atoms with Crippen LogP contribution in [0.5, 0.6) is 0 Å². The Morgan fingerprint density at radius 1 is 1.10 bits per heavy atom. The van der Waals surface area contributed by atoms with Crippen LogP contribution in [-0.2, 0) is 10.0 Å². The predicted octanol–water partition coefficient (Wildman–Crippen LogP) is 1.31. The van der Waals surface area contributed by atoms with Crippen LogP contribution < -0.4 is 0 Å². The van der Waals surface area contributed by atoms with Gasteiger partial charge >= 0.3 is 0 Å². The lowest BCUT2D eigenvalue weighted by Gasteiger charge is -2.18. The first-order valence-corrected chi connectivity index (χ1v) is 8.08. The average molecular weight is 300 g/mol. The zero-order valence-electron chi connectivity index (χ0n) is 12.6. The molecule has 0 aliphatic carbocycles. The zero-order valence-corrected chi connectivity index (χ0v) is 13.4. The smallest absolute Gasteiger partial charge is 0.242 e. The van der Waals surface area contributed by atoms with Crippen LogP contribution >= 0.6 is 0 Å². The highest BCUT2D eigenvalue weighted by Crippen LogP contribution is 2.18. The number of benzene rings is 1. The van der Waals surface area contributed by atoms with Crippen molar-refractivity contribution >= 4 is 10.0 Å². The van der Waals surface area contributed by atoms with E-state index in [1.54, 1.807) is 38.2 Å². The highest BCUT2D eigenvalue weighted by molar-refractivity contribution is 7.89. The summed E-state index contributed by atoms with van der Waals surface area (Å²) >= 11 is 0. The average Bonchev–Trinajstić information content (AvgIpc) is 2.38. The summed E-state index contributed by atoms with van der Waals surface area (Å²) in [5, 5.41) is 9.43. The van der Waals surface area contributed by atoms with E-state index in [0.29, 0.717) is 12.1 Å². The third-order valence-electron chi connectivity index (χ3n) is 3.15. The van der Waals surface area contributed by atoms with Gasteiger partial charge in [-0.05, 0) is 51.7 Å². The van der Waals surface area contributed by atoms with E-state index in [9.17, 15) is 13.5 Å². The summed E-state index contributed by atoms with van der Waals surface area (Å²) in [5.74, 6) is 0. The minimum absolute atomic E-state index is 0.259. The molecule has 1 aromatic carbocycles. The van der Waals surface area contributed by atoms with Crippen molar-refractivity contribution in [2.45, 2.75) is 24.3 Å². The number of aliphatic hydroxyl groups excluding tert-OH is 1. The molecule has 0 heterocycles. The number of aliphatic hydroxyl groups is 1. The van der Waals surface area contributed by atoms with Gasteiger partial charge in [0, 0.05) is 13.6 Å². The summed E-state index contributed by atoms with van der Waals surface area (Å²) in [5.41, 5.74) is 0.708. The van der Waals surface area contributed by atoms with Crippen molar-refractivity contribution in [2.24, 2.45) is 0 Å². The molecule has 114 valence electrons. The van der Waals surface area contributed by atoms with Gasteiger partial charge in [-0.25, -0.2) is 12.7 Å². The Hall–Kier alpha value is -0.950. The van der Waals surface area contributed by atoms with Crippen molar-refractivity contribution in [3.05, 3.63) is 29.8 Å². The van der Waals surface area contributed by atoms with Gasteiger partial charge in [-0.2, -0.15) is 0 Å². The zero-order chi connectivity index (χ0) is 15.3. The van der Waals surface area contributed by atoms with Gasteiger partial charge in [0.15, 0.2) is 0 Å². The number of sulfonamides is 1. The molecular formula is C14H24N2O3S. The first-order valence-electron chi connectivity index (χ1n) is 6.64. The number of hydrogen-bond acceptors (Lipinski definition) is 4. The van der Waals surface area contributed by atoms with Crippen molar-refractivity contribution in [3.63, 3.8) is 0 Å². The van der Waals surface area contributed by atoms with Crippen LogP contribution in [0, 0.1) is 0 Å². The fraction of sp³-hybridized carbons (Fsp3) is 0.571. The molecule has 1 atom stereocenters. The number of nitrogens with zero attached hydrogens (tertiary/aromatic N) is 2. The fourth-order valence-electron chi connectivity index (χ4n) is 1.83. The quantitative estimate of drug-likeness (QED) is 0.825. The molecule has 1 aromatic rings. The van der Waals surface area contributed by atoms with E-state index in [0.717, 1.165) is 13.0 Å². The van der Waals surface area contributed by atoms with E-state index in [-0.39, 0.29) is 4.90 Å². The molecule has 20 heavy (non-hydrogen) atoms. The van der Waals surface area contributed by atoms with Crippen LogP contribution in [0.25, 0.3) is 0 Å². The van der Waals surface area contributed by atoms with Crippen molar-refractivity contribution < 1.29 is 13.5 Å². The maximum absolute atomic E-state index is 12.3. The van der Waals surface area contributed by atoms with Crippen LogP contribution in [0.15, 0.2) is 29.2 Å². The molecule has 0 aliphatic heterocycles. The minimum Gasteiger partial charge on any atom is -0.389 e. The normalized spacial score (nSPS) is 13.9. The Kier molecular flexibility index (Phi) is 6.13. The molecule has 1 rings (SSSR count). The topological polar surface area (TPSA) is 60.9 Å². The Bertz CT molecular complexity index is 510. The first-order chi connectivity index (χ1) is 9.25. The maximum atomic E-state index is 12.3. The summed E-state index contributed by atoms with van der Waals surface area (Å²) in [6, 6.07) is 6.37. The molecule has 0 bridgehead atoms. The first kappa shape index (κ1) is 17.1. The molecule has 6 heteroatoms. The van der Waals surface area contributed by atoms with Gasteiger partial charge in [-0.3, -0.25) is 0 Å². The molecule has 0 fully saturated rings. The largest absolute Gasteiger partial charge is 0.389 e. The molecule has 0 saturated carbocycles. The Balaban J connectivity index is 2.76. The van der Waals surface area contributed by atoms with Crippen molar-refractivity contribution in [1.82, 2.24) is 9.21 Å². The second-order valence-electron chi connectivity index (χ2n) is 5.23. The predicted molar refractivity (Wildman–Crippen MR) is 80.1 cm³/mol. The molecule has 1 unspecified atom stereocenters. The highest BCUT2D eigenvalue weighted by atomic mass is 32.2. The van der Waals surface area contributed by atoms with Gasteiger partial charge in [0.1, 0.15) is 0 Å². The summed E-state index contributed by atoms with van der Waals surface area (Å²) in [4.78, 5) is 2.28. The van der Waals surface area contributed by atoms with Crippen LogP contribution in [0.2, 0.25) is 0 Å². The van der Waals surface area contributed by atoms with Crippen molar-refractivity contribution in [3.8, 4) is 0 Å². The molecule has 0 aromatic heterocycles. The van der Waals surface area contributed by atoms with Gasteiger partial charge in [-0.1, -0.05) is 12.1 Å². The van der Waals surface area contributed by atoms with Gasteiger partial charge in [-0.15, -0.1) is 0 Å². The van der Waals surface area contributed by atoms with E-state index < -0.39 is 16.1 Å². The lowest BCUT2D eigenvalue weighted by molar-refractivity contribution is 0.199. The van der Waals surface area contributed by atoms with Gasteiger partial charge < -0.3 is 10.0 Å². The second kappa shape index (κ2) is 7.17. The number of rotatable bonds is 7. The van der Waals surface area contributed by atoms with Gasteiger partial charge in [0.25, 0.3) is 0 Å². The summed E-state index contributed by atoms with van der Waals surface area (Å²) in [6.07, 6.45) is 0.193. The molecule has 0 saturated heterocycles. The molecular weight excluding hydrogens is 276 g/mol. The Morgan fingerprint density at radius 2 is 1.65 bits per heavy atom. The van der Waals surface area contributed by atoms with Crippen LogP contribution in [-0.4, -0.2) is 57.0 Å². The number of hydrogen-bond donors (Lipinski definition) is 1. The van der Waals surface area contributed by atoms with E-state index in [2.05, 4.69) is 0 Å². The third-order valence-corrected chi connectivity index (χ3v) is 5.02. The fourth-order valence-corrected chi connectivity index (χ4v) is 3.04. The molecule has 0 aliphatic rings. The molecule has 0 radical (unpaired) electrons. The van der Waals surface area contributed by atoms with Crippen molar-refractivity contribution in [1.29, 1.82) is 0 Å². The standard InChI is InChI=1S/C14H24N2O3S/c1-12(17)13-6-8-14(9-7-13)20(18,19)16(4)11-5-10-15(2)3/h6-9,12,17H,5,10-11H2,1-4H3. The van der Waals surface area contributed by atoms with Crippen LogP contribution in [0.4, 0.5) is 0 Å². The molecule has 5 nitrogen and oxygen atoms in total. The van der Waals surface area contributed by atoms with E-state index >= 15 is 0 Å². The monoisotopic (exact) mass is 300 g/mol. The van der Waals surface area contributed by atoms with E-state index in [1.165, 1.54) is 4.31 Å². The highest BCUT2D eigenvalue weighted by Gasteiger charge is 2.20. The van der Waals surface area contributed by atoms with Crippen molar-refractivity contribution in [2.75, 3.05) is 34.2 Å². The van der Waals surface area contributed by atoms with Crippen LogP contribution in [0.3, 0.4) is 0 Å². The molecule has 0 amide bonds. The lowest BCUT2D eigenvalue weighted by atomic mass is 10.1. The Labute approximate surface area is 121 Å². The summed E-state index contributed by atoms with van der Waals surface area (Å²) in [6.45, 7) is 2.98.